The van der Waals surface area contributed by atoms with Crippen LogP contribution in [0.4, 0.5) is 0 Å². The van der Waals surface area contributed by atoms with Crippen LogP contribution >= 0.6 is 0 Å². The van der Waals surface area contributed by atoms with Gasteiger partial charge in [0.2, 0.25) is 0 Å². The molecule has 20 heavy (non-hydrogen) atoms. The van der Waals surface area contributed by atoms with Crippen molar-refractivity contribution >= 4 is 11.5 Å². The quantitative estimate of drug-likeness (QED) is 0.742. The minimum absolute atomic E-state index is 0.262. The summed E-state index contributed by atoms with van der Waals surface area (Å²) >= 11 is 0. The van der Waals surface area contributed by atoms with Gasteiger partial charge in [0, 0.05) is 0 Å². The van der Waals surface area contributed by atoms with Gasteiger partial charge in [0.25, 0.3) is 0 Å². The van der Waals surface area contributed by atoms with Gasteiger partial charge in [-0.25, -0.2) is 4.79 Å². The van der Waals surface area contributed by atoms with Gasteiger partial charge in [0.05, 0.1) is 12.7 Å². The van der Waals surface area contributed by atoms with E-state index in [9.17, 15) is 4.79 Å². The number of hydrogen-bond acceptors (Lipinski definition) is 2. The molecule has 1 aromatic rings. The van der Waals surface area contributed by atoms with Crippen LogP contribution in [0.3, 0.4) is 0 Å². The van der Waals surface area contributed by atoms with Gasteiger partial charge in [0.1, 0.15) is 0 Å². The minimum atomic E-state index is -0.262. The molecule has 1 saturated carbocycles. The van der Waals surface area contributed by atoms with Gasteiger partial charge in [-0.15, -0.1) is 0 Å². The van der Waals surface area contributed by atoms with E-state index in [1.807, 2.05) is 12.1 Å². The zero-order valence-electron chi connectivity index (χ0n) is 12.1. The molecule has 3 rings (SSSR count). The number of rotatable bonds is 2. The molecule has 0 spiro atoms. The first-order chi connectivity index (χ1) is 9.78. The molecule has 0 amide bonds. The molecule has 2 nitrogen and oxygen atoms in total. The van der Waals surface area contributed by atoms with E-state index in [1.54, 1.807) is 0 Å². The maximum Gasteiger partial charge on any atom is 0.337 e. The number of hydrogen-bond donors (Lipinski definition) is 0. The number of ether oxygens (including phenoxy) is 1. The third-order valence-corrected chi connectivity index (χ3v) is 4.89. The molecule has 106 valence electrons. The van der Waals surface area contributed by atoms with E-state index in [1.165, 1.54) is 56.8 Å². The van der Waals surface area contributed by atoms with Gasteiger partial charge in [-0.3, -0.25) is 0 Å². The Morgan fingerprint density at radius 1 is 1.10 bits per heavy atom. The monoisotopic (exact) mass is 270 g/mol. The second kappa shape index (κ2) is 5.82. The topological polar surface area (TPSA) is 26.3 Å². The first-order valence-electron chi connectivity index (χ1n) is 7.65. The lowest BCUT2D eigenvalue weighted by Gasteiger charge is -2.35. The first kappa shape index (κ1) is 13.4. The van der Waals surface area contributed by atoms with E-state index in [-0.39, 0.29) is 5.97 Å². The lowest BCUT2D eigenvalue weighted by molar-refractivity contribution is 0.0600. The van der Waals surface area contributed by atoms with E-state index in [0.29, 0.717) is 5.56 Å². The van der Waals surface area contributed by atoms with Crippen molar-refractivity contribution in [1.82, 2.24) is 0 Å². The number of carbonyl (C=O) groups excluding carboxylic acids is 1. The molecule has 0 aromatic heterocycles. The minimum Gasteiger partial charge on any atom is -0.465 e. The van der Waals surface area contributed by atoms with Crippen LogP contribution in [0.2, 0.25) is 0 Å². The molecule has 1 fully saturated rings. The zero-order chi connectivity index (χ0) is 13.9. The summed E-state index contributed by atoms with van der Waals surface area (Å²) in [6.07, 6.45) is 10.5. The van der Waals surface area contributed by atoms with Crippen LogP contribution in [-0.2, 0) is 4.74 Å². The number of methoxy groups -OCH3 is 1. The predicted octanol–water partition coefficient (Wildman–Crippen LogP) is 4.46. The van der Waals surface area contributed by atoms with Crippen LogP contribution in [0.25, 0.3) is 5.57 Å². The van der Waals surface area contributed by atoms with Gasteiger partial charge in [0.15, 0.2) is 0 Å². The van der Waals surface area contributed by atoms with E-state index < -0.39 is 0 Å². The first-order valence-corrected chi connectivity index (χ1v) is 7.65. The van der Waals surface area contributed by atoms with Gasteiger partial charge < -0.3 is 4.74 Å². The molecule has 0 saturated heterocycles. The van der Waals surface area contributed by atoms with E-state index in [4.69, 9.17) is 4.74 Å². The Morgan fingerprint density at radius 2 is 1.80 bits per heavy atom. The average Bonchev–Trinajstić information content (AvgIpc) is 2.54. The maximum atomic E-state index is 11.5. The second-order valence-corrected chi connectivity index (χ2v) is 6.04. The summed E-state index contributed by atoms with van der Waals surface area (Å²) in [5.74, 6) is 1.53. The highest BCUT2D eigenvalue weighted by Gasteiger charge is 2.28. The Bertz CT molecular complexity index is 513. The van der Waals surface area contributed by atoms with Crippen LogP contribution in [0.1, 0.15) is 54.4 Å². The van der Waals surface area contributed by atoms with Crippen molar-refractivity contribution in [3.63, 3.8) is 0 Å². The second-order valence-electron chi connectivity index (χ2n) is 6.04. The fourth-order valence-electron chi connectivity index (χ4n) is 3.70. The van der Waals surface area contributed by atoms with Crippen molar-refractivity contribution in [3.05, 3.63) is 41.5 Å². The lowest BCUT2D eigenvalue weighted by Crippen LogP contribution is -2.22. The fraction of sp³-hybridized carbons (Fsp3) is 0.500. The molecule has 2 unspecified atom stereocenters. The Kier molecular flexibility index (Phi) is 3.90. The molecule has 0 aliphatic heterocycles. The SMILES string of the molecule is COC(=O)c1ccc(C2=CCC3CCCCC3C2)cc1. The molecule has 2 aliphatic carbocycles. The molecule has 0 radical (unpaired) electrons. The Hall–Kier alpha value is -1.57. The van der Waals surface area contributed by atoms with Crippen molar-refractivity contribution in [2.45, 2.75) is 38.5 Å². The summed E-state index contributed by atoms with van der Waals surface area (Å²) in [4.78, 5) is 11.5. The van der Waals surface area contributed by atoms with Crippen LogP contribution < -0.4 is 0 Å². The number of fused-ring (bicyclic) bond motifs is 1. The van der Waals surface area contributed by atoms with Crippen LogP contribution in [-0.4, -0.2) is 13.1 Å². The molecule has 0 N–H and O–H groups in total. The molecular weight excluding hydrogens is 248 g/mol. The molecule has 0 heterocycles. The largest absolute Gasteiger partial charge is 0.465 e. The number of benzene rings is 1. The number of carbonyl (C=O) groups is 1. The van der Waals surface area contributed by atoms with Crippen molar-refractivity contribution in [1.29, 1.82) is 0 Å². The lowest BCUT2D eigenvalue weighted by atomic mass is 9.70. The molecule has 2 atom stereocenters. The van der Waals surface area contributed by atoms with E-state index in [2.05, 4.69) is 18.2 Å². The Balaban J connectivity index is 1.76. The fourth-order valence-corrected chi connectivity index (χ4v) is 3.70. The summed E-state index contributed by atoms with van der Waals surface area (Å²) in [5.41, 5.74) is 3.36. The summed E-state index contributed by atoms with van der Waals surface area (Å²) in [6, 6.07) is 7.85. The van der Waals surface area contributed by atoms with Crippen molar-refractivity contribution < 1.29 is 9.53 Å². The highest BCUT2D eigenvalue weighted by Crippen LogP contribution is 2.42. The number of allylic oxidation sites excluding steroid dienone is 2. The standard InChI is InChI=1S/C18H22O2/c1-20-18(19)15-9-6-14(7-10-15)17-11-8-13-4-2-3-5-16(13)12-17/h6-7,9-11,13,16H,2-5,8,12H2,1H3. The third-order valence-electron chi connectivity index (χ3n) is 4.89. The van der Waals surface area contributed by atoms with Gasteiger partial charge in [-0.2, -0.15) is 0 Å². The molecule has 0 bridgehead atoms. The molecule has 2 aliphatic rings. The smallest absolute Gasteiger partial charge is 0.337 e. The van der Waals surface area contributed by atoms with Crippen LogP contribution in [0, 0.1) is 11.8 Å². The highest BCUT2D eigenvalue weighted by molar-refractivity contribution is 5.89. The molecular formula is C18H22O2. The normalized spacial score (nSPS) is 25.6. The highest BCUT2D eigenvalue weighted by atomic mass is 16.5. The van der Waals surface area contributed by atoms with Crippen molar-refractivity contribution in [3.8, 4) is 0 Å². The third kappa shape index (κ3) is 2.65. The van der Waals surface area contributed by atoms with Crippen LogP contribution in [0.15, 0.2) is 30.3 Å². The van der Waals surface area contributed by atoms with E-state index >= 15 is 0 Å². The zero-order valence-corrected chi connectivity index (χ0v) is 12.1. The van der Waals surface area contributed by atoms with Gasteiger partial charge in [-0.05, 0) is 60.8 Å². The maximum absolute atomic E-state index is 11.5. The van der Waals surface area contributed by atoms with E-state index in [0.717, 1.165) is 11.8 Å². The summed E-state index contributed by atoms with van der Waals surface area (Å²) in [5, 5.41) is 0. The van der Waals surface area contributed by atoms with Crippen molar-refractivity contribution in [2.75, 3.05) is 7.11 Å². The van der Waals surface area contributed by atoms with Crippen molar-refractivity contribution in [2.24, 2.45) is 11.8 Å². The molecule has 2 heteroatoms. The summed E-state index contributed by atoms with van der Waals surface area (Å²) in [6.45, 7) is 0. The van der Waals surface area contributed by atoms with Gasteiger partial charge >= 0.3 is 5.97 Å². The predicted molar refractivity (Wildman–Crippen MR) is 80.4 cm³/mol. The number of esters is 1. The average molecular weight is 270 g/mol. The summed E-state index contributed by atoms with van der Waals surface area (Å²) < 4.78 is 4.74. The van der Waals surface area contributed by atoms with Crippen LogP contribution in [0.5, 0.6) is 0 Å². The van der Waals surface area contributed by atoms with Gasteiger partial charge in [-0.1, -0.05) is 31.1 Å². The Morgan fingerprint density at radius 3 is 2.50 bits per heavy atom. The summed E-state index contributed by atoms with van der Waals surface area (Å²) in [7, 11) is 1.42. The Labute approximate surface area is 120 Å². The molecule has 1 aromatic carbocycles.